The summed E-state index contributed by atoms with van der Waals surface area (Å²) in [6.07, 6.45) is 0. The Morgan fingerprint density at radius 2 is 1.36 bits per heavy atom. The molecular formula is C8H19BrGaSe. The van der Waals surface area contributed by atoms with Crippen molar-refractivity contribution in [1.82, 2.24) is 0 Å². The van der Waals surface area contributed by atoms with Crippen LogP contribution in [0.4, 0.5) is 0 Å². The third-order valence-corrected chi connectivity index (χ3v) is 17.6. The molecule has 11 heavy (non-hydrogen) atoms. The number of hydrogen-bond donors (Lipinski definition) is 0. The Labute approximate surface area is 92.1 Å². The Bertz CT molecular complexity index is 68.5. The van der Waals surface area contributed by atoms with Gasteiger partial charge < -0.3 is 0 Å². The molecule has 0 fully saturated rings. The van der Waals surface area contributed by atoms with Crippen LogP contribution in [0.2, 0.25) is 14.3 Å². The van der Waals surface area contributed by atoms with Crippen LogP contribution in [0.3, 0.4) is 0 Å². The van der Waals surface area contributed by atoms with Gasteiger partial charge >= 0.3 is 92.7 Å². The molecule has 0 nitrogen and oxygen atoms in total. The summed E-state index contributed by atoms with van der Waals surface area (Å²) in [6.45, 7) is 11.3. The molecular weight excluding hydrogens is 325 g/mol. The molecule has 0 heterocycles. The van der Waals surface area contributed by atoms with Crippen LogP contribution in [0.1, 0.15) is 34.6 Å². The first-order chi connectivity index (χ1) is 4.97. The van der Waals surface area contributed by atoms with Crippen molar-refractivity contribution in [3.05, 3.63) is 0 Å². The molecule has 0 amide bonds. The first kappa shape index (κ1) is 15.1. The molecule has 0 saturated carbocycles. The van der Waals surface area contributed by atoms with E-state index in [2.05, 4.69) is 64.2 Å². The Hall–Kier alpha value is 1.64. The van der Waals surface area contributed by atoms with E-state index in [1.165, 1.54) is 0 Å². The molecule has 0 aromatic carbocycles. The van der Waals surface area contributed by atoms with Gasteiger partial charge in [-0.25, -0.2) is 0 Å². The summed E-state index contributed by atoms with van der Waals surface area (Å²) in [5, 5.41) is 1.12. The molecule has 67 valence electrons. The number of hydrogen-bond acceptors (Lipinski definition) is 0. The fraction of sp³-hybridized carbons (Fsp3) is 1.00. The van der Waals surface area contributed by atoms with E-state index < -0.39 is 14.2 Å². The zero-order chi connectivity index (χ0) is 9.44. The second kappa shape index (κ2) is 9.72. The Morgan fingerprint density at radius 3 is 1.36 bits per heavy atom. The fourth-order valence-electron chi connectivity index (χ4n) is 0.770. The SMILES string of the molecule is CC[Se].C[CH](C)[Ga]([Br])[CH](C)C. The molecule has 0 unspecified atom stereocenters. The normalized spacial score (nSPS) is 9.55. The average molecular weight is 344 g/mol. The molecule has 0 aromatic rings. The van der Waals surface area contributed by atoms with Gasteiger partial charge in [0.25, 0.3) is 0 Å². The van der Waals surface area contributed by atoms with Crippen molar-refractivity contribution in [1.29, 1.82) is 0 Å². The van der Waals surface area contributed by atoms with Crippen molar-refractivity contribution in [3.8, 4) is 0 Å². The van der Waals surface area contributed by atoms with Crippen LogP contribution < -0.4 is 0 Å². The predicted molar refractivity (Wildman–Crippen MR) is 61.1 cm³/mol. The van der Waals surface area contributed by atoms with Crippen molar-refractivity contribution in [2.24, 2.45) is 0 Å². The molecule has 0 aromatic heterocycles. The summed E-state index contributed by atoms with van der Waals surface area (Å²) in [7, 11) is 0. The van der Waals surface area contributed by atoms with Crippen molar-refractivity contribution in [2.45, 2.75) is 48.9 Å². The van der Waals surface area contributed by atoms with Crippen LogP contribution in [0.5, 0.6) is 0 Å². The van der Waals surface area contributed by atoms with Gasteiger partial charge in [-0.05, 0) is 0 Å². The first-order valence-corrected chi connectivity index (χ1v) is 13.9. The summed E-state index contributed by atoms with van der Waals surface area (Å²) < 4.78 is 1.89. The maximum absolute atomic E-state index is 3.79. The van der Waals surface area contributed by atoms with Gasteiger partial charge in [-0.1, -0.05) is 0 Å². The van der Waals surface area contributed by atoms with Gasteiger partial charge in [-0.3, -0.25) is 0 Å². The summed E-state index contributed by atoms with van der Waals surface area (Å²) in [5.74, 6) is 0. The van der Waals surface area contributed by atoms with E-state index in [1.807, 2.05) is 0 Å². The zero-order valence-electron chi connectivity index (χ0n) is 8.23. The van der Waals surface area contributed by atoms with Gasteiger partial charge in [0.1, 0.15) is 0 Å². The molecule has 0 bridgehead atoms. The van der Waals surface area contributed by atoms with Crippen LogP contribution in [0, 0.1) is 0 Å². The van der Waals surface area contributed by atoms with Crippen molar-refractivity contribution in [2.75, 3.05) is 0 Å². The van der Waals surface area contributed by atoms with Gasteiger partial charge in [0, 0.05) is 0 Å². The van der Waals surface area contributed by atoms with Gasteiger partial charge in [0.2, 0.25) is 0 Å². The van der Waals surface area contributed by atoms with Gasteiger partial charge in [-0.2, -0.15) is 0 Å². The maximum atomic E-state index is 3.79. The Balaban J connectivity index is 0. The molecule has 0 N–H and O–H groups in total. The minimum atomic E-state index is -0.963. The summed E-state index contributed by atoms with van der Waals surface area (Å²) >= 11 is 5.64. The quantitative estimate of drug-likeness (QED) is 0.669. The van der Waals surface area contributed by atoms with E-state index >= 15 is 0 Å². The molecule has 0 aliphatic heterocycles. The van der Waals surface area contributed by atoms with Gasteiger partial charge in [-0.15, -0.1) is 0 Å². The summed E-state index contributed by atoms with van der Waals surface area (Å²) in [4.78, 5) is 0. The van der Waals surface area contributed by atoms with Crippen LogP contribution in [0.25, 0.3) is 0 Å². The van der Waals surface area contributed by atoms with E-state index in [0.717, 1.165) is 14.3 Å². The van der Waals surface area contributed by atoms with Crippen molar-refractivity contribution >= 4 is 43.8 Å². The minimum absolute atomic E-state index is 0.947. The van der Waals surface area contributed by atoms with Crippen LogP contribution in [0.15, 0.2) is 0 Å². The Morgan fingerprint density at radius 1 is 1.18 bits per heavy atom. The first-order valence-electron chi connectivity index (χ1n) is 4.19. The van der Waals surface area contributed by atoms with Crippen LogP contribution >= 0.6 is 13.6 Å². The second-order valence-electron chi connectivity index (χ2n) is 3.22. The van der Waals surface area contributed by atoms with E-state index in [0.29, 0.717) is 0 Å². The van der Waals surface area contributed by atoms with E-state index in [-0.39, 0.29) is 0 Å². The molecule has 0 aliphatic rings. The summed E-state index contributed by atoms with van der Waals surface area (Å²) in [6, 6.07) is 0. The molecule has 0 rings (SSSR count). The topological polar surface area (TPSA) is 0 Å². The average Bonchev–Trinajstić information content (AvgIpc) is 1.87. The fourth-order valence-corrected chi connectivity index (χ4v) is 4.00. The van der Waals surface area contributed by atoms with Crippen molar-refractivity contribution in [3.63, 3.8) is 0 Å². The molecule has 3 heteroatoms. The third kappa shape index (κ3) is 11.6. The molecule has 0 aliphatic carbocycles. The molecule has 1 radical (unpaired) electrons. The monoisotopic (exact) mass is 343 g/mol. The molecule has 0 saturated heterocycles. The predicted octanol–water partition coefficient (Wildman–Crippen LogP) is 3.79. The van der Waals surface area contributed by atoms with Crippen LogP contribution in [-0.4, -0.2) is 30.3 Å². The van der Waals surface area contributed by atoms with Gasteiger partial charge in [0.15, 0.2) is 0 Å². The molecule has 0 atom stereocenters. The number of rotatable bonds is 2. The third-order valence-electron chi connectivity index (χ3n) is 1.27. The van der Waals surface area contributed by atoms with E-state index in [4.69, 9.17) is 0 Å². The summed E-state index contributed by atoms with van der Waals surface area (Å²) in [5.41, 5.74) is 0. The molecule has 0 spiro atoms. The van der Waals surface area contributed by atoms with Gasteiger partial charge in [0.05, 0.1) is 0 Å². The van der Waals surface area contributed by atoms with E-state index in [1.54, 1.807) is 0 Å². The van der Waals surface area contributed by atoms with Crippen LogP contribution in [-0.2, 0) is 0 Å². The zero-order valence-corrected chi connectivity index (χ0v) is 13.9. The van der Waals surface area contributed by atoms with E-state index in [9.17, 15) is 0 Å². The standard InChI is InChI=1S/2C3H7.C2H5Se.BrH.Ga/c2*1-3-2;1-2-3;;/h2*3H,1-2H3;2H2,1H3;1H;/q;;;;+1/p-1. The second-order valence-corrected chi connectivity index (χ2v) is 17.4. The number of halogens is 1. The Kier molecular flexibility index (Phi) is 13.4. The van der Waals surface area contributed by atoms with Crippen molar-refractivity contribution < 1.29 is 0 Å².